The Labute approximate surface area is 150 Å². The number of nitrogens with one attached hydrogen (secondary N) is 3. The van der Waals surface area contributed by atoms with E-state index in [0.717, 1.165) is 0 Å². The molecule has 7 heteroatoms. The van der Waals surface area contributed by atoms with Crippen molar-refractivity contribution < 1.29 is 14.0 Å². The Morgan fingerprint density at radius 3 is 2.52 bits per heavy atom. The van der Waals surface area contributed by atoms with Crippen LogP contribution in [0.2, 0.25) is 0 Å². The highest BCUT2D eigenvalue weighted by atomic mass is 32.1. The van der Waals surface area contributed by atoms with Crippen LogP contribution in [0.3, 0.4) is 0 Å². The number of hydrogen-bond donors (Lipinski definition) is 3. The third-order valence-electron chi connectivity index (χ3n) is 3.27. The van der Waals surface area contributed by atoms with Crippen molar-refractivity contribution in [3.8, 4) is 0 Å². The van der Waals surface area contributed by atoms with E-state index in [4.69, 9.17) is 0 Å². The predicted molar refractivity (Wildman–Crippen MR) is 99.7 cm³/mol. The zero-order valence-corrected chi connectivity index (χ0v) is 15.5. The van der Waals surface area contributed by atoms with Crippen LogP contribution in [0.15, 0.2) is 35.0 Å². The van der Waals surface area contributed by atoms with Gasteiger partial charge in [-0.3, -0.25) is 9.59 Å². The van der Waals surface area contributed by atoms with Crippen LogP contribution in [-0.2, 0) is 4.79 Å². The minimum Gasteiger partial charge on any atom is -0.374 e. The summed E-state index contributed by atoms with van der Waals surface area (Å²) in [6.07, 6.45) is 0. The number of halogens is 1. The molecule has 3 N–H and O–H groups in total. The summed E-state index contributed by atoms with van der Waals surface area (Å²) < 4.78 is 14.0. The van der Waals surface area contributed by atoms with E-state index >= 15 is 0 Å². The molecule has 0 spiro atoms. The number of amides is 2. The van der Waals surface area contributed by atoms with Crippen molar-refractivity contribution in [3.63, 3.8) is 0 Å². The minimum atomic E-state index is -0.541. The molecule has 25 heavy (non-hydrogen) atoms. The molecule has 1 aromatic heterocycles. The Bertz CT molecular complexity index is 754. The topological polar surface area (TPSA) is 70.2 Å². The standard InChI is InChI=1S/C18H22FN3O2S/c1-11(16(23)22-18(2,3)4)20-13-5-6-14(19)15(9-13)21-17(24)12-7-8-25-10-12/h5-11,20H,1-4H3,(H,21,24)(H,22,23). The van der Waals surface area contributed by atoms with E-state index < -0.39 is 11.9 Å². The molecule has 1 atom stereocenters. The Morgan fingerprint density at radius 2 is 1.92 bits per heavy atom. The number of hydrogen-bond acceptors (Lipinski definition) is 4. The molecule has 0 aliphatic heterocycles. The number of carbonyl (C=O) groups is 2. The Hall–Kier alpha value is -2.41. The molecular formula is C18H22FN3O2S. The van der Waals surface area contributed by atoms with Crippen molar-refractivity contribution in [2.45, 2.75) is 39.3 Å². The summed E-state index contributed by atoms with van der Waals surface area (Å²) in [7, 11) is 0. The van der Waals surface area contributed by atoms with Crippen molar-refractivity contribution in [2.75, 3.05) is 10.6 Å². The predicted octanol–water partition coefficient (Wildman–Crippen LogP) is 3.85. The molecule has 0 saturated heterocycles. The Kier molecular flexibility index (Phi) is 5.79. The van der Waals surface area contributed by atoms with Gasteiger partial charge >= 0.3 is 0 Å². The summed E-state index contributed by atoms with van der Waals surface area (Å²) in [6, 6.07) is 5.40. The minimum absolute atomic E-state index is 0.0598. The lowest BCUT2D eigenvalue weighted by molar-refractivity contribution is -0.122. The van der Waals surface area contributed by atoms with Crippen LogP contribution in [-0.4, -0.2) is 23.4 Å². The van der Waals surface area contributed by atoms with Crippen LogP contribution >= 0.6 is 11.3 Å². The fourth-order valence-corrected chi connectivity index (χ4v) is 2.73. The van der Waals surface area contributed by atoms with Gasteiger partial charge in [0.05, 0.1) is 11.3 Å². The maximum absolute atomic E-state index is 14.0. The molecule has 0 aliphatic carbocycles. The van der Waals surface area contributed by atoms with Gasteiger partial charge in [0.1, 0.15) is 11.9 Å². The van der Waals surface area contributed by atoms with Gasteiger partial charge in [0.2, 0.25) is 5.91 Å². The van der Waals surface area contributed by atoms with Gasteiger partial charge in [-0.05, 0) is 57.3 Å². The number of rotatable bonds is 5. The number of carbonyl (C=O) groups excluding carboxylic acids is 2. The van der Waals surface area contributed by atoms with Gasteiger partial charge in [-0.1, -0.05) is 0 Å². The summed E-state index contributed by atoms with van der Waals surface area (Å²) in [5, 5.41) is 11.9. The quantitative estimate of drug-likeness (QED) is 0.756. The van der Waals surface area contributed by atoms with Crippen LogP contribution in [0, 0.1) is 5.82 Å². The molecule has 1 unspecified atom stereocenters. The summed E-state index contributed by atoms with van der Waals surface area (Å²) in [4.78, 5) is 24.2. The van der Waals surface area contributed by atoms with E-state index in [2.05, 4.69) is 16.0 Å². The van der Waals surface area contributed by atoms with Gasteiger partial charge in [-0.2, -0.15) is 11.3 Å². The van der Waals surface area contributed by atoms with Gasteiger partial charge in [-0.15, -0.1) is 0 Å². The first-order chi connectivity index (χ1) is 11.7. The smallest absolute Gasteiger partial charge is 0.256 e. The van der Waals surface area contributed by atoms with Gasteiger partial charge in [-0.25, -0.2) is 4.39 Å². The maximum Gasteiger partial charge on any atom is 0.256 e. The van der Waals surface area contributed by atoms with Crippen molar-refractivity contribution in [1.82, 2.24) is 5.32 Å². The number of benzene rings is 1. The lowest BCUT2D eigenvalue weighted by Gasteiger charge is -2.24. The second-order valence-corrected chi connectivity index (χ2v) is 7.55. The summed E-state index contributed by atoms with van der Waals surface area (Å²) in [6.45, 7) is 7.41. The van der Waals surface area contributed by atoms with Crippen molar-refractivity contribution in [1.29, 1.82) is 0 Å². The summed E-state index contributed by atoms with van der Waals surface area (Å²) in [5.74, 6) is -1.09. The third kappa shape index (κ3) is 5.56. The molecular weight excluding hydrogens is 341 g/mol. The number of thiophene rings is 1. The molecule has 2 amide bonds. The van der Waals surface area contributed by atoms with Gasteiger partial charge in [0.15, 0.2) is 0 Å². The van der Waals surface area contributed by atoms with Crippen LogP contribution in [0.4, 0.5) is 15.8 Å². The summed E-state index contributed by atoms with van der Waals surface area (Å²) >= 11 is 1.39. The van der Waals surface area contributed by atoms with E-state index in [1.54, 1.807) is 23.8 Å². The molecule has 134 valence electrons. The SMILES string of the molecule is CC(Nc1ccc(F)c(NC(=O)c2ccsc2)c1)C(=O)NC(C)(C)C. The van der Waals surface area contributed by atoms with E-state index in [9.17, 15) is 14.0 Å². The first-order valence-electron chi connectivity index (χ1n) is 7.87. The normalized spacial score (nSPS) is 12.4. The molecule has 0 saturated carbocycles. The van der Waals surface area contributed by atoms with Crippen molar-refractivity contribution >= 4 is 34.5 Å². The first kappa shape index (κ1) is 18.9. The second-order valence-electron chi connectivity index (χ2n) is 6.77. The van der Waals surface area contributed by atoms with Gasteiger partial charge in [0.25, 0.3) is 5.91 Å². The van der Waals surface area contributed by atoms with E-state index in [1.165, 1.54) is 29.5 Å². The molecule has 1 heterocycles. The van der Waals surface area contributed by atoms with Gasteiger partial charge < -0.3 is 16.0 Å². The van der Waals surface area contributed by atoms with E-state index in [1.807, 2.05) is 20.8 Å². The van der Waals surface area contributed by atoms with E-state index in [0.29, 0.717) is 11.3 Å². The zero-order valence-electron chi connectivity index (χ0n) is 14.6. The van der Waals surface area contributed by atoms with Crippen molar-refractivity contribution in [2.24, 2.45) is 0 Å². The molecule has 2 aromatic rings. The fraction of sp³-hybridized carbons (Fsp3) is 0.333. The largest absolute Gasteiger partial charge is 0.374 e. The second kappa shape index (κ2) is 7.65. The fourth-order valence-electron chi connectivity index (χ4n) is 2.09. The van der Waals surface area contributed by atoms with Crippen LogP contribution in [0.25, 0.3) is 0 Å². The van der Waals surface area contributed by atoms with Crippen molar-refractivity contribution in [3.05, 3.63) is 46.4 Å². The van der Waals surface area contributed by atoms with E-state index in [-0.39, 0.29) is 23.0 Å². The highest BCUT2D eigenvalue weighted by Crippen LogP contribution is 2.21. The molecule has 1 aromatic carbocycles. The Balaban J connectivity index is 2.08. The van der Waals surface area contributed by atoms with Gasteiger partial charge in [0, 0.05) is 16.6 Å². The lowest BCUT2D eigenvalue weighted by Crippen LogP contribution is -2.47. The maximum atomic E-state index is 14.0. The first-order valence-corrected chi connectivity index (χ1v) is 8.81. The van der Waals surface area contributed by atoms with Crippen LogP contribution in [0.1, 0.15) is 38.1 Å². The molecule has 0 radical (unpaired) electrons. The van der Waals surface area contributed by atoms with Crippen LogP contribution < -0.4 is 16.0 Å². The highest BCUT2D eigenvalue weighted by Gasteiger charge is 2.19. The van der Waals surface area contributed by atoms with Crippen LogP contribution in [0.5, 0.6) is 0 Å². The Morgan fingerprint density at radius 1 is 1.20 bits per heavy atom. The monoisotopic (exact) mass is 363 g/mol. The molecule has 5 nitrogen and oxygen atoms in total. The molecule has 0 fully saturated rings. The molecule has 0 aliphatic rings. The number of anilines is 2. The lowest BCUT2D eigenvalue weighted by atomic mass is 10.1. The highest BCUT2D eigenvalue weighted by molar-refractivity contribution is 7.08. The molecule has 0 bridgehead atoms. The zero-order chi connectivity index (χ0) is 18.6. The molecule has 2 rings (SSSR count). The summed E-state index contributed by atoms with van der Waals surface area (Å²) in [5.41, 5.74) is 0.735. The average molecular weight is 363 g/mol. The third-order valence-corrected chi connectivity index (χ3v) is 3.96. The average Bonchev–Trinajstić information content (AvgIpc) is 3.03.